The lowest BCUT2D eigenvalue weighted by atomic mass is 10.1. The molecule has 2 rings (SSSR count). The molecule has 0 saturated heterocycles. The van der Waals surface area contributed by atoms with Crippen molar-refractivity contribution in [3.63, 3.8) is 0 Å². The molecule has 152 valence electrons. The van der Waals surface area contributed by atoms with Gasteiger partial charge in [-0.25, -0.2) is 4.79 Å². The van der Waals surface area contributed by atoms with Crippen LogP contribution in [0.3, 0.4) is 0 Å². The highest BCUT2D eigenvalue weighted by atomic mass is 79.9. The molecule has 5 nitrogen and oxygen atoms in total. The second-order valence-electron chi connectivity index (χ2n) is 7.12. The molecule has 2 N–H and O–H groups in total. The van der Waals surface area contributed by atoms with Crippen LogP contribution in [0.1, 0.15) is 36.0 Å². The lowest BCUT2D eigenvalue weighted by molar-refractivity contribution is 0.0520. The number of ether oxygens (including phenoxy) is 1. The van der Waals surface area contributed by atoms with Crippen molar-refractivity contribution in [3.05, 3.63) is 54.6 Å². The molecule has 0 aliphatic carbocycles. The maximum Gasteiger partial charge on any atom is 0.407 e. The van der Waals surface area contributed by atoms with Crippen molar-refractivity contribution in [2.24, 2.45) is 0 Å². The SMILES string of the molecule is CC(C)(C)OC(=O)NC[C@H](Cc1ccc(Cl)cc1Cl)NC(=O)c1cc(Br)cs1. The summed E-state index contributed by atoms with van der Waals surface area (Å²) < 4.78 is 6.10. The second kappa shape index (κ2) is 9.96. The third-order valence-corrected chi connectivity index (χ3v) is 5.78. The molecule has 0 bridgehead atoms. The predicted molar refractivity (Wildman–Crippen MR) is 118 cm³/mol. The van der Waals surface area contributed by atoms with Crippen molar-refractivity contribution in [3.8, 4) is 0 Å². The minimum atomic E-state index is -0.606. The Kier molecular flexibility index (Phi) is 8.18. The van der Waals surface area contributed by atoms with Crippen LogP contribution in [0, 0.1) is 0 Å². The number of thiophene rings is 1. The number of carbonyl (C=O) groups is 2. The number of carbonyl (C=O) groups excluding carboxylic acids is 2. The minimum absolute atomic E-state index is 0.187. The van der Waals surface area contributed by atoms with E-state index in [2.05, 4.69) is 26.6 Å². The monoisotopic (exact) mass is 506 g/mol. The summed E-state index contributed by atoms with van der Waals surface area (Å²) >= 11 is 16.9. The van der Waals surface area contributed by atoms with Crippen LogP contribution in [-0.2, 0) is 11.2 Å². The summed E-state index contributed by atoms with van der Waals surface area (Å²) in [5.41, 5.74) is 0.209. The molecule has 1 heterocycles. The van der Waals surface area contributed by atoms with E-state index in [1.807, 2.05) is 5.38 Å². The van der Waals surface area contributed by atoms with Gasteiger partial charge in [0, 0.05) is 26.4 Å². The Morgan fingerprint density at radius 3 is 2.54 bits per heavy atom. The Balaban J connectivity index is 2.10. The summed E-state index contributed by atoms with van der Waals surface area (Å²) in [5.74, 6) is -0.225. The first-order chi connectivity index (χ1) is 13.0. The van der Waals surface area contributed by atoms with Crippen molar-refractivity contribution in [1.29, 1.82) is 0 Å². The zero-order valence-corrected chi connectivity index (χ0v) is 19.6. The van der Waals surface area contributed by atoms with Gasteiger partial charge in [-0.2, -0.15) is 0 Å². The fourth-order valence-electron chi connectivity index (χ4n) is 2.34. The summed E-state index contributed by atoms with van der Waals surface area (Å²) in [6.07, 6.45) is -0.128. The Bertz CT molecular complexity index is 852. The molecule has 0 spiro atoms. The molecule has 9 heteroatoms. The average Bonchev–Trinajstić information content (AvgIpc) is 3.00. The van der Waals surface area contributed by atoms with Gasteiger partial charge in [-0.05, 0) is 66.9 Å². The van der Waals surface area contributed by atoms with Crippen LogP contribution in [0.15, 0.2) is 34.1 Å². The maximum atomic E-state index is 12.6. The van der Waals surface area contributed by atoms with E-state index in [1.54, 1.807) is 45.0 Å². The van der Waals surface area contributed by atoms with Gasteiger partial charge >= 0.3 is 6.09 Å². The van der Waals surface area contributed by atoms with Gasteiger partial charge < -0.3 is 15.4 Å². The topological polar surface area (TPSA) is 67.4 Å². The van der Waals surface area contributed by atoms with Crippen LogP contribution in [-0.4, -0.2) is 30.2 Å². The van der Waals surface area contributed by atoms with Gasteiger partial charge in [-0.3, -0.25) is 4.79 Å². The van der Waals surface area contributed by atoms with Crippen LogP contribution in [0.25, 0.3) is 0 Å². The molecule has 2 amide bonds. The predicted octanol–water partition coefficient (Wildman–Crippen LogP) is 5.68. The van der Waals surface area contributed by atoms with Crippen LogP contribution in [0.4, 0.5) is 4.79 Å². The third-order valence-electron chi connectivity index (χ3n) is 3.50. The average molecular weight is 508 g/mol. The van der Waals surface area contributed by atoms with Crippen LogP contribution >= 0.6 is 50.5 Å². The molecule has 1 atom stereocenters. The van der Waals surface area contributed by atoms with Gasteiger partial charge in [0.05, 0.1) is 10.9 Å². The minimum Gasteiger partial charge on any atom is -0.444 e. The fourth-order valence-corrected chi connectivity index (χ4v) is 4.15. The normalized spacial score (nSPS) is 12.4. The van der Waals surface area contributed by atoms with E-state index in [9.17, 15) is 9.59 Å². The van der Waals surface area contributed by atoms with Crippen molar-refractivity contribution >= 4 is 62.5 Å². The standard InChI is InChI=1S/C19H21BrCl2N2O3S/c1-19(2,3)27-18(26)23-9-14(6-11-4-5-13(21)8-15(11)22)24-17(25)16-7-12(20)10-28-16/h4-5,7-8,10,14H,6,9H2,1-3H3,(H,23,26)(H,24,25)/t14-/m0/s1. The summed E-state index contributed by atoms with van der Waals surface area (Å²) in [7, 11) is 0. The van der Waals surface area contributed by atoms with Gasteiger partial charge in [-0.1, -0.05) is 29.3 Å². The first-order valence-corrected chi connectivity index (χ1v) is 10.9. The van der Waals surface area contributed by atoms with Crippen molar-refractivity contribution in [1.82, 2.24) is 10.6 Å². The molecule has 0 aliphatic rings. The molecule has 0 unspecified atom stereocenters. The van der Waals surface area contributed by atoms with Crippen molar-refractivity contribution in [2.45, 2.75) is 38.8 Å². The number of halogens is 3. The number of amides is 2. The highest BCUT2D eigenvalue weighted by Gasteiger charge is 2.20. The fraction of sp³-hybridized carbons (Fsp3) is 0.368. The van der Waals surface area contributed by atoms with Gasteiger partial charge in [0.25, 0.3) is 5.91 Å². The van der Waals surface area contributed by atoms with Gasteiger partial charge in [-0.15, -0.1) is 11.3 Å². The largest absolute Gasteiger partial charge is 0.444 e. The lowest BCUT2D eigenvalue weighted by Crippen LogP contribution is -2.46. The van der Waals surface area contributed by atoms with Crippen molar-refractivity contribution < 1.29 is 14.3 Å². The summed E-state index contributed by atoms with van der Waals surface area (Å²) in [5, 5.41) is 8.51. The Labute approximate surface area is 186 Å². The molecule has 1 aromatic heterocycles. The van der Waals surface area contributed by atoms with Crippen LogP contribution < -0.4 is 10.6 Å². The third kappa shape index (κ3) is 7.62. The highest BCUT2D eigenvalue weighted by molar-refractivity contribution is 9.10. The lowest BCUT2D eigenvalue weighted by Gasteiger charge is -2.23. The van der Waals surface area contributed by atoms with E-state index >= 15 is 0 Å². The number of alkyl carbamates (subject to hydrolysis) is 1. The number of hydrogen-bond acceptors (Lipinski definition) is 4. The van der Waals surface area contributed by atoms with E-state index in [4.69, 9.17) is 27.9 Å². The molecule has 0 fully saturated rings. The summed E-state index contributed by atoms with van der Waals surface area (Å²) in [6, 6.07) is 6.54. The molecule has 2 aromatic rings. The Hall–Kier alpha value is -1.28. The molecular formula is C19H21BrCl2N2O3S. The molecule has 1 aromatic carbocycles. The van der Waals surface area contributed by atoms with Gasteiger partial charge in [0.1, 0.15) is 5.60 Å². The summed E-state index contributed by atoms with van der Waals surface area (Å²) in [4.78, 5) is 25.1. The first kappa shape index (κ1) is 23.0. The molecule has 0 radical (unpaired) electrons. The number of nitrogens with one attached hydrogen (secondary N) is 2. The molecule has 0 aliphatic heterocycles. The van der Waals surface area contributed by atoms with Crippen molar-refractivity contribution in [2.75, 3.05) is 6.54 Å². The number of benzene rings is 1. The Morgan fingerprint density at radius 1 is 1.25 bits per heavy atom. The highest BCUT2D eigenvalue weighted by Crippen LogP contribution is 2.23. The van der Waals surface area contributed by atoms with E-state index < -0.39 is 11.7 Å². The Morgan fingerprint density at radius 2 is 1.96 bits per heavy atom. The molecular weight excluding hydrogens is 487 g/mol. The second-order valence-corrected chi connectivity index (χ2v) is 9.79. The first-order valence-electron chi connectivity index (χ1n) is 8.49. The van der Waals surface area contributed by atoms with Gasteiger partial charge in [0.2, 0.25) is 0 Å². The number of rotatable bonds is 6. The van der Waals surface area contributed by atoms with E-state index in [-0.39, 0.29) is 18.5 Å². The zero-order chi connectivity index (χ0) is 20.9. The van der Waals surface area contributed by atoms with Crippen LogP contribution in [0.5, 0.6) is 0 Å². The molecule has 28 heavy (non-hydrogen) atoms. The van der Waals surface area contributed by atoms with Crippen LogP contribution in [0.2, 0.25) is 10.0 Å². The van der Waals surface area contributed by atoms with Gasteiger partial charge in [0.15, 0.2) is 0 Å². The summed E-state index contributed by atoms with van der Waals surface area (Å²) in [6.45, 7) is 5.54. The molecule has 0 saturated carbocycles. The number of hydrogen-bond donors (Lipinski definition) is 2. The smallest absolute Gasteiger partial charge is 0.407 e. The quantitative estimate of drug-likeness (QED) is 0.528. The maximum absolute atomic E-state index is 12.6. The van der Waals surface area contributed by atoms with E-state index in [0.29, 0.717) is 21.3 Å². The zero-order valence-electron chi connectivity index (χ0n) is 15.6. The van der Waals surface area contributed by atoms with E-state index in [1.165, 1.54) is 11.3 Å². The van der Waals surface area contributed by atoms with E-state index in [0.717, 1.165) is 10.0 Å².